The summed E-state index contributed by atoms with van der Waals surface area (Å²) in [5.41, 5.74) is 3.77. The van der Waals surface area contributed by atoms with Gasteiger partial charge in [-0.05, 0) is 74.5 Å². The normalized spacial score (nSPS) is 52.8. The minimum Gasteiger partial charge on any atom is -0.366 e. The first-order valence-electron chi connectivity index (χ1n) is 10.7. The van der Waals surface area contributed by atoms with Crippen molar-refractivity contribution in [3.05, 3.63) is 23.3 Å². The van der Waals surface area contributed by atoms with Crippen molar-refractivity contribution < 1.29 is 9.53 Å². The van der Waals surface area contributed by atoms with Crippen LogP contribution in [0.2, 0.25) is 0 Å². The predicted molar refractivity (Wildman–Crippen MR) is 97.0 cm³/mol. The first-order chi connectivity index (χ1) is 12.2. The third-order valence-electron chi connectivity index (χ3n) is 9.33. The summed E-state index contributed by atoms with van der Waals surface area (Å²) in [5, 5.41) is 0. The number of hydrogen-bond donors (Lipinski definition) is 0. The molecule has 0 aromatic heterocycles. The van der Waals surface area contributed by atoms with E-state index in [0.717, 1.165) is 55.5 Å². The zero-order chi connectivity index (χ0) is 16.8. The Balaban J connectivity index is 1.41. The van der Waals surface area contributed by atoms with Gasteiger partial charge in [0.1, 0.15) is 5.78 Å². The Labute approximate surface area is 151 Å². The smallest absolute Gasteiger partial charge is 0.137 e. The number of ether oxygens (including phenoxy) is 1. The zero-order valence-corrected chi connectivity index (χ0v) is 15.4. The molecule has 2 heteroatoms. The van der Waals surface area contributed by atoms with Crippen LogP contribution in [-0.2, 0) is 9.53 Å². The highest BCUT2D eigenvalue weighted by Crippen LogP contribution is 2.78. The number of rotatable bonds is 1. The van der Waals surface area contributed by atoms with E-state index in [1.54, 1.807) is 11.1 Å². The Bertz CT molecular complexity index is 703. The fourth-order valence-corrected chi connectivity index (χ4v) is 8.54. The summed E-state index contributed by atoms with van der Waals surface area (Å²) in [7, 11) is 0. The molecule has 3 unspecified atom stereocenters. The Morgan fingerprint density at radius 3 is 2.92 bits per heavy atom. The average molecular weight is 338 g/mol. The average Bonchev–Trinajstić information content (AvgIpc) is 3.20. The van der Waals surface area contributed by atoms with Crippen LogP contribution in [0.15, 0.2) is 23.3 Å². The lowest BCUT2D eigenvalue weighted by Gasteiger charge is -2.57. The van der Waals surface area contributed by atoms with Gasteiger partial charge in [-0.3, -0.25) is 4.79 Å². The lowest BCUT2D eigenvalue weighted by molar-refractivity contribution is -0.134. The van der Waals surface area contributed by atoms with Crippen LogP contribution in [0.25, 0.3) is 0 Å². The molecule has 0 aromatic carbocycles. The molecule has 1 heterocycles. The zero-order valence-electron chi connectivity index (χ0n) is 15.4. The number of Topliss-reactive ketones (excluding diaryl/α,β-unsaturated/α-hetero) is 1. The molecule has 0 saturated heterocycles. The Morgan fingerprint density at radius 2 is 2.12 bits per heavy atom. The fourth-order valence-electron chi connectivity index (χ4n) is 8.54. The summed E-state index contributed by atoms with van der Waals surface area (Å²) in [5.74, 6) is 4.75. The number of carbonyl (C=O) groups excluding carboxylic acids is 1. The summed E-state index contributed by atoms with van der Waals surface area (Å²) in [6.07, 6.45) is 15.4. The Hall–Kier alpha value is -0.890. The van der Waals surface area contributed by atoms with Gasteiger partial charge in [-0.1, -0.05) is 30.2 Å². The number of hydrogen-bond acceptors (Lipinski definition) is 2. The van der Waals surface area contributed by atoms with E-state index in [-0.39, 0.29) is 5.60 Å². The molecule has 1 spiro atoms. The van der Waals surface area contributed by atoms with E-state index < -0.39 is 0 Å². The predicted octanol–water partition coefficient (Wildman–Crippen LogP) is 4.84. The molecule has 0 radical (unpaired) electrons. The molecular formula is C23H30O2. The van der Waals surface area contributed by atoms with E-state index in [9.17, 15) is 4.79 Å². The van der Waals surface area contributed by atoms with Gasteiger partial charge in [-0.2, -0.15) is 0 Å². The van der Waals surface area contributed by atoms with Crippen LogP contribution in [0.3, 0.4) is 0 Å². The second-order valence-corrected chi connectivity index (χ2v) is 9.74. The molecule has 7 atom stereocenters. The maximum Gasteiger partial charge on any atom is 0.137 e. The maximum absolute atomic E-state index is 11.9. The van der Waals surface area contributed by atoms with Gasteiger partial charge in [0.05, 0.1) is 12.2 Å². The Kier molecular flexibility index (Phi) is 2.97. The van der Waals surface area contributed by atoms with Crippen molar-refractivity contribution in [2.75, 3.05) is 6.61 Å². The number of carbonyl (C=O) groups is 1. The van der Waals surface area contributed by atoms with Crippen molar-refractivity contribution in [3.8, 4) is 0 Å². The third kappa shape index (κ3) is 1.69. The maximum atomic E-state index is 11.9. The molecule has 25 heavy (non-hydrogen) atoms. The first-order valence-corrected chi connectivity index (χ1v) is 10.7. The third-order valence-corrected chi connectivity index (χ3v) is 9.33. The molecule has 0 bridgehead atoms. The molecule has 0 aromatic rings. The molecular weight excluding hydrogens is 308 g/mol. The number of ketones is 1. The van der Waals surface area contributed by atoms with E-state index in [1.165, 1.54) is 38.5 Å². The molecule has 5 aliphatic carbocycles. The SMILES string of the molecule is CC[C@]12CCC3C4=C(CCC3C1[C@@H]1C[C@@H]1[C@@]21C=CCO1)CC(=O)CC4. The topological polar surface area (TPSA) is 26.3 Å². The molecule has 3 fully saturated rings. The molecule has 134 valence electrons. The van der Waals surface area contributed by atoms with Gasteiger partial charge in [0.2, 0.25) is 0 Å². The van der Waals surface area contributed by atoms with Gasteiger partial charge in [0.25, 0.3) is 0 Å². The minimum absolute atomic E-state index is 0.0826. The molecule has 6 aliphatic rings. The van der Waals surface area contributed by atoms with Crippen LogP contribution in [0.1, 0.15) is 64.7 Å². The lowest BCUT2D eigenvalue weighted by atomic mass is 9.49. The van der Waals surface area contributed by atoms with E-state index in [4.69, 9.17) is 4.74 Å². The first kappa shape index (κ1) is 15.2. The summed E-state index contributed by atoms with van der Waals surface area (Å²) in [4.78, 5) is 11.9. The van der Waals surface area contributed by atoms with Crippen molar-refractivity contribution in [3.63, 3.8) is 0 Å². The van der Waals surface area contributed by atoms with E-state index in [0.29, 0.717) is 11.2 Å². The highest BCUT2D eigenvalue weighted by molar-refractivity contribution is 5.82. The van der Waals surface area contributed by atoms with Gasteiger partial charge < -0.3 is 4.74 Å². The van der Waals surface area contributed by atoms with Gasteiger partial charge >= 0.3 is 0 Å². The summed E-state index contributed by atoms with van der Waals surface area (Å²) >= 11 is 0. The van der Waals surface area contributed by atoms with Gasteiger partial charge in [0, 0.05) is 18.3 Å². The summed E-state index contributed by atoms with van der Waals surface area (Å²) in [6.45, 7) is 3.27. The minimum atomic E-state index is 0.0826. The molecule has 3 saturated carbocycles. The van der Waals surface area contributed by atoms with Crippen LogP contribution in [-0.4, -0.2) is 18.0 Å². The van der Waals surface area contributed by atoms with E-state index in [1.807, 2.05) is 0 Å². The highest BCUT2D eigenvalue weighted by Gasteiger charge is 2.77. The molecule has 6 rings (SSSR count). The van der Waals surface area contributed by atoms with Crippen molar-refractivity contribution in [1.29, 1.82) is 0 Å². The Morgan fingerprint density at radius 1 is 1.20 bits per heavy atom. The molecule has 2 nitrogen and oxygen atoms in total. The second kappa shape index (κ2) is 4.88. The van der Waals surface area contributed by atoms with Crippen LogP contribution in [0.5, 0.6) is 0 Å². The summed E-state index contributed by atoms with van der Waals surface area (Å²) in [6, 6.07) is 0. The molecule has 0 amide bonds. The van der Waals surface area contributed by atoms with Crippen LogP contribution >= 0.6 is 0 Å². The highest BCUT2D eigenvalue weighted by atomic mass is 16.5. The van der Waals surface area contributed by atoms with Crippen LogP contribution < -0.4 is 0 Å². The monoisotopic (exact) mass is 338 g/mol. The van der Waals surface area contributed by atoms with E-state index in [2.05, 4.69) is 19.1 Å². The number of allylic oxidation sites excluding steroid dienone is 2. The summed E-state index contributed by atoms with van der Waals surface area (Å²) < 4.78 is 6.55. The van der Waals surface area contributed by atoms with Crippen LogP contribution in [0, 0.1) is 35.0 Å². The van der Waals surface area contributed by atoms with Crippen molar-refractivity contribution in [2.24, 2.45) is 35.0 Å². The standard InChI is InChI=1S/C23H30O2/c1-2-22-10-8-17-16-7-5-15(24)12-14(16)4-6-18(17)21(22)19-13-20(19)23(22)9-3-11-25-23/h3,9,17-21H,2,4-8,10-13H2,1H3/t17?,18?,19-,20+,21?,22+,23+/m1/s1. The second-order valence-electron chi connectivity index (χ2n) is 9.74. The lowest BCUT2D eigenvalue weighted by Crippen LogP contribution is -2.55. The van der Waals surface area contributed by atoms with Crippen molar-refractivity contribution in [1.82, 2.24) is 0 Å². The quantitative estimate of drug-likeness (QED) is 0.639. The van der Waals surface area contributed by atoms with Crippen molar-refractivity contribution in [2.45, 2.75) is 70.3 Å². The van der Waals surface area contributed by atoms with Gasteiger partial charge in [-0.25, -0.2) is 0 Å². The van der Waals surface area contributed by atoms with E-state index >= 15 is 0 Å². The largest absolute Gasteiger partial charge is 0.366 e. The molecule has 1 aliphatic heterocycles. The fraction of sp³-hybridized carbons (Fsp3) is 0.783. The molecule has 0 N–H and O–H groups in total. The number of fused-ring (bicyclic) bond motifs is 8. The van der Waals surface area contributed by atoms with Gasteiger partial charge in [0.15, 0.2) is 0 Å². The van der Waals surface area contributed by atoms with Crippen molar-refractivity contribution >= 4 is 5.78 Å². The van der Waals surface area contributed by atoms with Crippen LogP contribution in [0.4, 0.5) is 0 Å². The van der Waals surface area contributed by atoms with Gasteiger partial charge in [-0.15, -0.1) is 0 Å².